The van der Waals surface area contributed by atoms with E-state index >= 15 is 0 Å². The van der Waals surface area contributed by atoms with E-state index in [0.717, 1.165) is 0 Å². The predicted molar refractivity (Wildman–Crippen MR) is 54.4 cm³/mol. The summed E-state index contributed by atoms with van der Waals surface area (Å²) in [5, 5.41) is 0. The van der Waals surface area contributed by atoms with Gasteiger partial charge in [-0.3, -0.25) is 0 Å². The molecule has 0 radical (unpaired) electrons. The fourth-order valence-electron chi connectivity index (χ4n) is 0. The van der Waals surface area contributed by atoms with Gasteiger partial charge in [-0.05, 0) is 27.7 Å². The maximum atomic E-state index is 2.00. The van der Waals surface area contributed by atoms with Gasteiger partial charge in [0, 0.05) is 0 Å². The zero-order chi connectivity index (χ0) is 6.83. The van der Waals surface area contributed by atoms with Gasteiger partial charge in [0.15, 0.2) is 0 Å². The fourth-order valence-corrected chi connectivity index (χ4v) is 0. The lowest BCUT2D eigenvalue weighted by molar-refractivity contribution is 1.64. The number of allylic oxidation sites excluding steroid dienone is 4. The highest BCUT2D eigenvalue weighted by Crippen LogP contribution is 1.57. The van der Waals surface area contributed by atoms with Crippen LogP contribution in [0.3, 0.4) is 0 Å². The molecule has 0 rings (SSSR count). The van der Waals surface area contributed by atoms with Crippen LogP contribution in [0.25, 0.3) is 0 Å². The number of hydrogen-bond acceptors (Lipinski definition) is 0. The van der Waals surface area contributed by atoms with Crippen LogP contribution in [0, 0.1) is 0 Å². The molecule has 0 heteroatoms. The lowest BCUT2D eigenvalue weighted by atomic mass is 10.6. The van der Waals surface area contributed by atoms with Crippen molar-refractivity contribution in [1.29, 1.82) is 0 Å². The van der Waals surface area contributed by atoms with E-state index in [4.69, 9.17) is 0 Å². The van der Waals surface area contributed by atoms with Gasteiger partial charge >= 0.3 is 0 Å². The average Bonchev–Trinajstić information content (AvgIpc) is 1.88. The van der Waals surface area contributed by atoms with Crippen molar-refractivity contribution in [3.63, 3.8) is 0 Å². The molecule has 0 N–H and O–H groups in total. The van der Waals surface area contributed by atoms with E-state index in [2.05, 4.69) is 0 Å². The summed E-state index contributed by atoms with van der Waals surface area (Å²) in [7, 11) is 0. The lowest BCUT2D eigenvalue weighted by Gasteiger charge is -1.49. The predicted octanol–water partition coefficient (Wildman–Crippen LogP) is 4.44. The Morgan fingerprint density at radius 1 is 0.500 bits per heavy atom. The molecule has 0 heterocycles. The van der Waals surface area contributed by atoms with Gasteiger partial charge in [-0.1, -0.05) is 39.2 Å². The van der Waals surface area contributed by atoms with Gasteiger partial charge in [0.2, 0.25) is 0 Å². The molecule has 0 aromatic heterocycles. The molecule has 0 aliphatic carbocycles. The molecule has 10 heavy (non-hydrogen) atoms. The van der Waals surface area contributed by atoms with Crippen LogP contribution in [-0.2, 0) is 0 Å². The summed E-state index contributed by atoms with van der Waals surface area (Å²) in [6, 6.07) is 0. The van der Waals surface area contributed by atoms with Crippen LogP contribution in [0.15, 0.2) is 24.3 Å². The van der Waals surface area contributed by atoms with E-state index in [1.54, 1.807) is 0 Å². The van der Waals surface area contributed by atoms with Crippen molar-refractivity contribution < 1.29 is 0 Å². The molecule has 64 valence electrons. The van der Waals surface area contributed by atoms with Gasteiger partial charge in [-0.15, -0.1) is 0 Å². The zero-order valence-electron chi connectivity index (χ0n) is 6.31. The monoisotopic (exact) mass is 144 g/mol. The molecule has 0 bridgehead atoms. The Morgan fingerprint density at radius 3 is 0.600 bits per heavy atom. The molecule has 0 saturated heterocycles. The van der Waals surface area contributed by atoms with Crippen LogP contribution in [0.1, 0.15) is 42.5 Å². The summed E-state index contributed by atoms with van der Waals surface area (Å²) in [6.45, 7) is 8.00. The molecule has 0 fully saturated rings. The van der Waals surface area contributed by atoms with Crippen LogP contribution < -0.4 is 0 Å². The molecule has 0 spiro atoms. The van der Waals surface area contributed by atoms with Crippen LogP contribution in [0.5, 0.6) is 0 Å². The third kappa shape index (κ3) is 143. The second-order valence-electron chi connectivity index (χ2n) is 1.33. The smallest absolute Gasteiger partial charge is 0.0470 e. The first-order chi connectivity index (χ1) is 3.83. The summed E-state index contributed by atoms with van der Waals surface area (Å²) in [5.74, 6) is 0. The van der Waals surface area contributed by atoms with E-state index in [-0.39, 0.29) is 14.9 Å². The quantitative estimate of drug-likeness (QED) is 0.441. The van der Waals surface area contributed by atoms with Gasteiger partial charge in [0.1, 0.15) is 0 Å². The largest absolute Gasteiger partial charge is 0.0919 e. The second kappa shape index (κ2) is 39.2. The molecular weight excluding hydrogens is 120 g/mol. The van der Waals surface area contributed by atoms with Crippen molar-refractivity contribution in [1.82, 2.24) is 0 Å². The summed E-state index contributed by atoms with van der Waals surface area (Å²) in [6.07, 6.45) is 8.00. The van der Waals surface area contributed by atoms with Gasteiger partial charge in [-0.25, -0.2) is 0 Å². The first kappa shape index (κ1) is 22.7. The molecule has 0 aliphatic rings. The molecule has 0 atom stereocenters. The van der Waals surface area contributed by atoms with Crippen LogP contribution in [0.4, 0.5) is 0 Å². The van der Waals surface area contributed by atoms with E-state index < -0.39 is 0 Å². The molecule has 0 aromatic rings. The normalized spacial score (nSPS) is 7.60. The summed E-state index contributed by atoms with van der Waals surface area (Å²) in [4.78, 5) is 0. The molecule has 0 saturated carbocycles. The van der Waals surface area contributed by atoms with Crippen molar-refractivity contribution in [2.45, 2.75) is 42.5 Å². The Morgan fingerprint density at radius 2 is 0.600 bits per heavy atom. The third-order valence-corrected chi connectivity index (χ3v) is 0.667. The first-order valence-corrected chi connectivity index (χ1v) is 2.98. The van der Waals surface area contributed by atoms with Crippen molar-refractivity contribution >= 4 is 0 Å². The van der Waals surface area contributed by atoms with Gasteiger partial charge < -0.3 is 0 Å². The Bertz CT molecular complexity index is 40.4. The summed E-state index contributed by atoms with van der Waals surface area (Å²) < 4.78 is 0. The molecule has 0 aromatic carbocycles. The molecular formula is C10H24. The Kier molecular flexibility index (Phi) is 88.9. The average molecular weight is 144 g/mol. The standard InChI is InChI=1S/2C4H8.2CH4/c2*1-3-4-2;;/h2*3-4H,1-2H3;2*1H4. The minimum absolute atomic E-state index is 0. The van der Waals surface area contributed by atoms with Crippen molar-refractivity contribution in [2.24, 2.45) is 0 Å². The Labute approximate surface area is 67.7 Å². The number of rotatable bonds is 0. The first-order valence-electron chi connectivity index (χ1n) is 2.98. The molecule has 0 aliphatic heterocycles. The Balaban J connectivity index is -0.0000000300. The van der Waals surface area contributed by atoms with Gasteiger partial charge in [0.05, 0.1) is 0 Å². The SMILES string of the molecule is C.C.CC=CC.CC=CC. The topological polar surface area (TPSA) is 0 Å². The van der Waals surface area contributed by atoms with Crippen molar-refractivity contribution in [3.05, 3.63) is 24.3 Å². The third-order valence-electron chi connectivity index (χ3n) is 0.667. The maximum Gasteiger partial charge on any atom is -0.0470 e. The van der Waals surface area contributed by atoms with E-state index in [9.17, 15) is 0 Å². The van der Waals surface area contributed by atoms with Gasteiger partial charge in [0.25, 0.3) is 0 Å². The highest BCUT2D eigenvalue weighted by molar-refractivity contribution is 4.68. The van der Waals surface area contributed by atoms with Crippen molar-refractivity contribution in [2.75, 3.05) is 0 Å². The zero-order valence-corrected chi connectivity index (χ0v) is 6.31. The minimum Gasteiger partial charge on any atom is -0.0919 e. The summed E-state index contributed by atoms with van der Waals surface area (Å²) >= 11 is 0. The van der Waals surface area contributed by atoms with Crippen LogP contribution in [-0.4, -0.2) is 0 Å². The highest BCUT2D eigenvalue weighted by atomic mass is 13.4. The summed E-state index contributed by atoms with van der Waals surface area (Å²) in [5.41, 5.74) is 0. The molecule has 0 nitrogen and oxygen atoms in total. The van der Waals surface area contributed by atoms with E-state index in [0.29, 0.717) is 0 Å². The fraction of sp³-hybridized carbons (Fsp3) is 0.600. The second-order valence-corrected chi connectivity index (χ2v) is 1.33. The van der Waals surface area contributed by atoms with Gasteiger partial charge in [-0.2, -0.15) is 0 Å². The molecule has 0 unspecified atom stereocenters. The van der Waals surface area contributed by atoms with Crippen LogP contribution >= 0.6 is 0 Å². The highest BCUT2D eigenvalue weighted by Gasteiger charge is 1.34. The number of hydrogen-bond donors (Lipinski definition) is 0. The van der Waals surface area contributed by atoms with E-state index in [1.165, 1.54) is 0 Å². The van der Waals surface area contributed by atoms with Crippen molar-refractivity contribution in [3.8, 4) is 0 Å². The van der Waals surface area contributed by atoms with E-state index in [1.807, 2.05) is 52.0 Å². The molecule has 0 amide bonds. The maximum absolute atomic E-state index is 2.00. The van der Waals surface area contributed by atoms with Crippen LogP contribution in [0.2, 0.25) is 0 Å². The lowest BCUT2D eigenvalue weighted by Crippen LogP contribution is -1.26. The Hall–Kier alpha value is -0.520. The minimum atomic E-state index is 0.